The predicted octanol–water partition coefficient (Wildman–Crippen LogP) is 1.78. The molecule has 0 aliphatic carbocycles. The van der Waals surface area contributed by atoms with E-state index in [2.05, 4.69) is 26.8 Å². The molecule has 0 bridgehead atoms. The van der Waals surface area contributed by atoms with Gasteiger partial charge in [-0.15, -0.1) is 0 Å². The summed E-state index contributed by atoms with van der Waals surface area (Å²) in [5, 5.41) is 2.76. The van der Waals surface area contributed by atoms with Crippen LogP contribution in [0.25, 0.3) is 16.9 Å². The van der Waals surface area contributed by atoms with Crippen LogP contribution in [0, 0.1) is 0 Å². The zero-order valence-electron chi connectivity index (χ0n) is 14.1. The molecule has 132 valence electrons. The van der Waals surface area contributed by atoms with Gasteiger partial charge in [-0.25, -0.2) is 9.97 Å². The largest absolute Gasteiger partial charge is 0.378 e. The van der Waals surface area contributed by atoms with Crippen molar-refractivity contribution < 1.29 is 9.53 Å². The summed E-state index contributed by atoms with van der Waals surface area (Å²) in [6.07, 6.45) is 6.39. The highest BCUT2D eigenvalue weighted by molar-refractivity contribution is 6.00. The van der Waals surface area contributed by atoms with Crippen LogP contribution in [0.15, 0.2) is 49.6 Å². The normalized spacial score (nSPS) is 14.4. The van der Waals surface area contributed by atoms with Crippen molar-refractivity contribution in [3.63, 3.8) is 0 Å². The molecule has 1 N–H and O–H groups in total. The van der Waals surface area contributed by atoms with Crippen LogP contribution >= 0.6 is 0 Å². The van der Waals surface area contributed by atoms with Crippen molar-refractivity contribution in [2.45, 2.75) is 0 Å². The number of nitrogens with zero attached hydrogens (tertiary/aromatic N) is 5. The van der Waals surface area contributed by atoms with Gasteiger partial charge in [0.25, 0.3) is 0 Å². The molecule has 3 aromatic rings. The van der Waals surface area contributed by atoms with E-state index in [9.17, 15) is 4.79 Å². The molecule has 8 nitrogen and oxygen atoms in total. The van der Waals surface area contributed by atoms with Crippen LogP contribution in [0.3, 0.4) is 0 Å². The maximum atomic E-state index is 11.5. The average Bonchev–Trinajstić information content (AvgIpc) is 3.12. The van der Waals surface area contributed by atoms with Crippen LogP contribution in [-0.4, -0.2) is 51.7 Å². The number of morpholine rings is 1. The SMILES string of the molecule is C=CC(=O)Nc1ccc2ncn(-c3cncc(N4CCOCC4)n3)c2c1. The van der Waals surface area contributed by atoms with Crippen LogP contribution in [0.5, 0.6) is 0 Å². The molecule has 2 aromatic heterocycles. The van der Waals surface area contributed by atoms with E-state index < -0.39 is 0 Å². The Kier molecular flexibility index (Phi) is 4.32. The first-order valence-electron chi connectivity index (χ1n) is 8.30. The minimum absolute atomic E-state index is 0.260. The van der Waals surface area contributed by atoms with E-state index in [0.717, 1.165) is 29.9 Å². The highest BCUT2D eigenvalue weighted by Crippen LogP contribution is 2.22. The van der Waals surface area contributed by atoms with Crippen molar-refractivity contribution in [3.8, 4) is 5.82 Å². The zero-order valence-corrected chi connectivity index (χ0v) is 14.1. The number of fused-ring (bicyclic) bond motifs is 1. The third kappa shape index (κ3) is 3.14. The molecule has 3 heterocycles. The molecule has 1 aliphatic heterocycles. The highest BCUT2D eigenvalue weighted by Gasteiger charge is 2.14. The fourth-order valence-corrected chi connectivity index (χ4v) is 2.87. The number of ether oxygens (including phenoxy) is 1. The number of aromatic nitrogens is 4. The number of amides is 1. The number of nitrogens with one attached hydrogen (secondary N) is 1. The molecule has 1 saturated heterocycles. The fraction of sp³-hybridized carbons (Fsp3) is 0.222. The van der Waals surface area contributed by atoms with Gasteiger partial charge in [0.15, 0.2) is 5.82 Å². The average molecular weight is 350 g/mol. The Morgan fingerprint density at radius 3 is 2.85 bits per heavy atom. The Labute approximate surface area is 150 Å². The first-order chi connectivity index (χ1) is 12.7. The summed E-state index contributed by atoms with van der Waals surface area (Å²) in [6, 6.07) is 5.51. The number of anilines is 2. The molecular weight excluding hydrogens is 332 g/mol. The van der Waals surface area contributed by atoms with E-state index in [0.29, 0.717) is 24.7 Å². The van der Waals surface area contributed by atoms with Crippen molar-refractivity contribution >= 4 is 28.4 Å². The number of hydrogen-bond donors (Lipinski definition) is 1. The minimum Gasteiger partial charge on any atom is -0.378 e. The predicted molar refractivity (Wildman–Crippen MR) is 98.5 cm³/mol. The molecule has 0 radical (unpaired) electrons. The summed E-state index contributed by atoms with van der Waals surface area (Å²) in [6.45, 7) is 6.42. The monoisotopic (exact) mass is 350 g/mol. The number of imidazole rings is 1. The van der Waals surface area contributed by atoms with Gasteiger partial charge in [-0.2, -0.15) is 0 Å². The Morgan fingerprint density at radius 1 is 1.23 bits per heavy atom. The van der Waals surface area contributed by atoms with Gasteiger partial charge in [0.05, 0.1) is 36.6 Å². The number of benzene rings is 1. The van der Waals surface area contributed by atoms with Crippen LogP contribution in [0.4, 0.5) is 11.5 Å². The Balaban J connectivity index is 1.70. The molecule has 1 fully saturated rings. The van der Waals surface area contributed by atoms with E-state index in [1.54, 1.807) is 24.8 Å². The molecule has 8 heteroatoms. The lowest BCUT2D eigenvalue weighted by molar-refractivity contribution is -0.111. The van der Waals surface area contributed by atoms with Gasteiger partial charge in [0.2, 0.25) is 5.91 Å². The third-order valence-electron chi connectivity index (χ3n) is 4.19. The first-order valence-corrected chi connectivity index (χ1v) is 8.30. The number of carbonyl (C=O) groups excluding carboxylic acids is 1. The number of carbonyl (C=O) groups is 1. The maximum absolute atomic E-state index is 11.5. The quantitative estimate of drug-likeness (QED) is 0.722. The Bertz CT molecular complexity index is 961. The fourth-order valence-electron chi connectivity index (χ4n) is 2.87. The third-order valence-corrected chi connectivity index (χ3v) is 4.19. The van der Waals surface area contributed by atoms with E-state index >= 15 is 0 Å². The molecule has 0 atom stereocenters. The van der Waals surface area contributed by atoms with Gasteiger partial charge >= 0.3 is 0 Å². The standard InChI is InChI=1S/C18H18N6O2/c1-2-18(25)21-13-3-4-14-15(9-13)24(12-20-14)17-11-19-10-16(22-17)23-5-7-26-8-6-23/h2-4,9-12H,1,5-8H2,(H,21,25). The van der Waals surface area contributed by atoms with Gasteiger partial charge in [0.1, 0.15) is 12.1 Å². The lowest BCUT2D eigenvalue weighted by Gasteiger charge is -2.27. The van der Waals surface area contributed by atoms with E-state index in [4.69, 9.17) is 9.72 Å². The molecule has 0 unspecified atom stereocenters. The molecule has 0 spiro atoms. The van der Waals surface area contributed by atoms with Crippen molar-refractivity contribution in [1.29, 1.82) is 0 Å². The van der Waals surface area contributed by atoms with E-state index in [-0.39, 0.29) is 5.91 Å². The molecular formula is C18H18N6O2. The Hall–Kier alpha value is -3.26. The summed E-state index contributed by atoms with van der Waals surface area (Å²) >= 11 is 0. The minimum atomic E-state index is -0.260. The topological polar surface area (TPSA) is 85.2 Å². The van der Waals surface area contributed by atoms with Gasteiger partial charge in [-0.3, -0.25) is 14.3 Å². The van der Waals surface area contributed by atoms with E-state index in [1.165, 1.54) is 6.08 Å². The molecule has 1 aromatic carbocycles. The van der Waals surface area contributed by atoms with Crippen LogP contribution in [-0.2, 0) is 9.53 Å². The highest BCUT2D eigenvalue weighted by atomic mass is 16.5. The van der Waals surface area contributed by atoms with Crippen molar-refractivity contribution in [1.82, 2.24) is 19.5 Å². The van der Waals surface area contributed by atoms with Crippen molar-refractivity contribution in [2.75, 3.05) is 36.5 Å². The summed E-state index contributed by atoms with van der Waals surface area (Å²) in [4.78, 5) is 27.1. The molecule has 4 rings (SSSR count). The van der Waals surface area contributed by atoms with Gasteiger partial charge in [-0.1, -0.05) is 6.58 Å². The number of rotatable bonds is 4. The van der Waals surface area contributed by atoms with Crippen LogP contribution < -0.4 is 10.2 Å². The summed E-state index contributed by atoms with van der Waals surface area (Å²) in [5.74, 6) is 1.22. The lowest BCUT2D eigenvalue weighted by Crippen LogP contribution is -2.36. The summed E-state index contributed by atoms with van der Waals surface area (Å²) < 4.78 is 7.25. The second kappa shape index (κ2) is 6.93. The van der Waals surface area contributed by atoms with Crippen molar-refractivity contribution in [3.05, 3.63) is 49.6 Å². The zero-order chi connectivity index (χ0) is 17.9. The molecule has 1 aliphatic rings. The first kappa shape index (κ1) is 16.2. The summed E-state index contributed by atoms with van der Waals surface area (Å²) in [7, 11) is 0. The molecule has 0 saturated carbocycles. The Morgan fingerprint density at radius 2 is 2.04 bits per heavy atom. The molecule has 1 amide bonds. The van der Waals surface area contributed by atoms with Crippen LogP contribution in [0.2, 0.25) is 0 Å². The van der Waals surface area contributed by atoms with E-state index in [1.807, 2.05) is 16.7 Å². The second-order valence-electron chi connectivity index (χ2n) is 5.85. The summed E-state index contributed by atoms with van der Waals surface area (Å²) in [5.41, 5.74) is 2.31. The van der Waals surface area contributed by atoms with Gasteiger partial charge in [-0.05, 0) is 24.3 Å². The maximum Gasteiger partial charge on any atom is 0.247 e. The van der Waals surface area contributed by atoms with Gasteiger partial charge in [0, 0.05) is 18.8 Å². The lowest BCUT2D eigenvalue weighted by atomic mass is 10.2. The number of hydrogen-bond acceptors (Lipinski definition) is 6. The molecule has 26 heavy (non-hydrogen) atoms. The van der Waals surface area contributed by atoms with Crippen molar-refractivity contribution in [2.24, 2.45) is 0 Å². The second-order valence-corrected chi connectivity index (χ2v) is 5.85. The van der Waals surface area contributed by atoms with Gasteiger partial charge < -0.3 is 15.0 Å². The smallest absolute Gasteiger partial charge is 0.247 e. The van der Waals surface area contributed by atoms with Crippen LogP contribution in [0.1, 0.15) is 0 Å².